The lowest BCUT2D eigenvalue weighted by Crippen LogP contribution is -2.49. The molecule has 1 aliphatic carbocycles. The lowest BCUT2D eigenvalue weighted by molar-refractivity contribution is -0.154. The topological polar surface area (TPSA) is 63.7 Å². The van der Waals surface area contributed by atoms with Crippen molar-refractivity contribution in [1.29, 1.82) is 0 Å². The fourth-order valence-corrected chi connectivity index (χ4v) is 2.99. The standard InChI is InChI=1S/C14H21NO4/c1-19-14(18)11-9-15(8-7-12(11)16)13(17)10-5-3-2-4-6-10/h10-11H,2-9H2,1H3. The van der Waals surface area contributed by atoms with Crippen LogP contribution in [0.5, 0.6) is 0 Å². The average Bonchev–Trinajstić information content (AvgIpc) is 2.47. The number of hydrogen-bond donors (Lipinski definition) is 0. The molecule has 2 fully saturated rings. The summed E-state index contributed by atoms with van der Waals surface area (Å²) in [6, 6.07) is 0. The highest BCUT2D eigenvalue weighted by Crippen LogP contribution is 2.27. The van der Waals surface area contributed by atoms with E-state index in [1.165, 1.54) is 13.5 Å². The number of amides is 1. The van der Waals surface area contributed by atoms with E-state index < -0.39 is 11.9 Å². The second kappa shape index (κ2) is 6.17. The Morgan fingerprint density at radius 2 is 1.89 bits per heavy atom. The molecule has 0 aromatic carbocycles. The number of ether oxygens (including phenoxy) is 1. The van der Waals surface area contributed by atoms with E-state index in [2.05, 4.69) is 4.74 Å². The van der Waals surface area contributed by atoms with Crippen LogP contribution in [0.15, 0.2) is 0 Å². The molecule has 2 aliphatic rings. The first-order valence-electron chi connectivity index (χ1n) is 7.03. The van der Waals surface area contributed by atoms with Crippen molar-refractivity contribution in [1.82, 2.24) is 4.90 Å². The maximum absolute atomic E-state index is 12.4. The molecule has 1 amide bonds. The van der Waals surface area contributed by atoms with Crippen molar-refractivity contribution in [2.45, 2.75) is 38.5 Å². The van der Waals surface area contributed by atoms with Crippen LogP contribution in [0.1, 0.15) is 38.5 Å². The number of nitrogens with zero attached hydrogens (tertiary/aromatic N) is 1. The van der Waals surface area contributed by atoms with Crippen LogP contribution in [0.2, 0.25) is 0 Å². The summed E-state index contributed by atoms with van der Waals surface area (Å²) in [4.78, 5) is 37.3. The predicted octanol–water partition coefficient (Wildman–Crippen LogP) is 1.16. The lowest BCUT2D eigenvalue weighted by atomic mass is 9.87. The van der Waals surface area contributed by atoms with E-state index in [4.69, 9.17) is 0 Å². The number of carbonyl (C=O) groups is 3. The maximum Gasteiger partial charge on any atom is 0.318 e. The Morgan fingerprint density at radius 3 is 2.53 bits per heavy atom. The van der Waals surface area contributed by atoms with Crippen molar-refractivity contribution in [3.05, 3.63) is 0 Å². The van der Waals surface area contributed by atoms with Gasteiger partial charge in [0, 0.05) is 25.4 Å². The molecular formula is C14H21NO4. The SMILES string of the molecule is COC(=O)C1CN(C(=O)C2CCCCC2)CCC1=O. The molecule has 0 bridgehead atoms. The number of ketones is 1. The number of piperidine rings is 1. The third-order valence-electron chi connectivity index (χ3n) is 4.17. The van der Waals surface area contributed by atoms with Crippen LogP contribution in [0, 0.1) is 11.8 Å². The molecule has 0 N–H and O–H groups in total. The largest absolute Gasteiger partial charge is 0.468 e. The highest BCUT2D eigenvalue weighted by atomic mass is 16.5. The summed E-state index contributed by atoms with van der Waals surface area (Å²) < 4.78 is 4.64. The van der Waals surface area contributed by atoms with Gasteiger partial charge in [0.25, 0.3) is 0 Å². The fourth-order valence-electron chi connectivity index (χ4n) is 2.99. The number of likely N-dealkylation sites (tertiary alicyclic amines) is 1. The van der Waals surface area contributed by atoms with Gasteiger partial charge in [-0.15, -0.1) is 0 Å². The van der Waals surface area contributed by atoms with E-state index in [1.54, 1.807) is 4.90 Å². The molecule has 1 unspecified atom stereocenters. The number of rotatable bonds is 2. The molecule has 2 rings (SSSR count). The Kier molecular flexibility index (Phi) is 4.56. The molecule has 1 saturated heterocycles. The van der Waals surface area contributed by atoms with E-state index in [0.717, 1.165) is 25.7 Å². The Bertz CT molecular complexity index is 366. The Labute approximate surface area is 113 Å². The molecule has 0 aromatic heterocycles. The van der Waals surface area contributed by atoms with Gasteiger partial charge in [0.05, 0.1) is 7.11 Å². The minimum absolute atomic E-state index is 0.0836. The Morgan fingerprint density at radius 1 is 1.21 bits per heavy atom. The van der Waals surface area contributed by atoms with Crippen LogP contribution in [0.3, 0.4) is 0 Å². The van der Waals surface area contributed by atoms with Crippen molar-refractivity contribution in [3.8, 4) is 0 Å². The predicted molar refractivity (Wildman–Crippen MR) is 68.3 cm³/mol. The third-order valence-corrected chi connectivity index (χ3v) is 4.17. The number of Topliss-reactive ketones (excluding diaryl/α,β-unsaturated/α-hetero) is 1. The van der Waals surface area contributed by atoms with E-state index in [0.29, 0.717) is 6.54 Å². The van der Waals surface area contributed by atoms with Crippen LogP contribution in [-0.4, -0.2) is 42.8 Å². The summed E-state index contributed by atoms with van der Waals surface area (Å²) in [6.45, 7) is 0.641. The van der Waals surface area contributed by atoms with Crippen LogP contribution in [0.4, 0.5) is 0 Å². The van der Waals surface area contributed by atoms with Gasteiger partial charge in [-0.2, -0.15) is 0 Å². The van der Waals surface area contributed by atoms with Gasteiger partial charge in [-0.25, -0.2) is 0 Å². The average molecular weight is 267 g/mol. The zero-order valence-corrected chi connectivity index (χ0v) is 11.4. The molecule has 0 spiro atoms. The fraction of sp³-hybridized carbons (Fsp3) is 0.786. The molecule has 1 aliphatic heterocycles. The van der Waals surface area contributed by atoms with Crippen molar-refractivity contribution < 1.29 is 19.1 Å². The van der Waals surface area contributed by atoms with Gasteiger partial charge >= 0.3 is 5.97 Å². The first kappa shape index (κ1) is 14.0. The maximum atomic E-state index is 12.4. The van der Waals surface area contributed by atoms with Gasteiger partial charge in [0.15, 0.2) is 5.78 Å². The first-order chi connectivity index (χ1) is 9.13. The van der Waals surface area contributed by atoms with E-state index >= 15 is 0 Å². The lowest BCUT2D eigenvalue weighted by Gasteiger charge is -2.34. The second-order valence-corrected chi connectivity index (χ2v) is 5.41. The van der Waals surface area contributed by atoms with Gasteiger partial charge in [-0.1, -0.05) is 19.3 Å². The molecule has 19 heavy (non-hydrogen) atoms. The first-order valence-corrected chi connectivity index (χ1v) is 7.03. The van der Waals surface area contributed by atoms with Gasteiger partial charge in [0.1, 0.15) is 5.92 Å². The van der Waals surface area contributed by atoms with Crippen LogP contribution >= 0.6 is 0 Å². The molecule has 0 radical (unpaired) electrons. The number of hydrogen-bond acceptors (Lipinski definition) is 4. The van der Waals surface area contributed by atoms with Crippen LogP contribution in [-0.2, 0) is 19.1 Å². The minimum atomic E-state index is -0.786. The summed E-state index contributed by atoms with van der Waals surface area (Å²) >= 11 is 0. The molecule has 106 valence electrons. The minimum Gasteiger partial charge on any atom is -0.468 e. The summed E-state index contributed by atoms with van der Waals surface area (Å²) in [6.07, 6.45) is 5.54. The summed E-state index contributed by atoms with van der Waals surface area (Å²) in [5, 5.41) is 0. The van der Waals surface area contributed by atoms with E-state index in [1.807, 2.05) is 0 Å². The van der Waals surface area contributed by atoms with Crippen molar-refractivity contribution >= 4 is 17.7 Å². The zero-order chi connectivity index (χ0) is 13.8. The van der Waals surface area contributed by atoms with Crippen LogP contribution < -0.4 is 0 Å². The van der Waals surface area contributed by atoms with Gasteiger partial charge < -0.3 is 9.64 Å². The third kappa shape index (κ3) is 3.14. The summed E-state index contributed by atoms with van der Waals surface area (Å²) in [7, 11) is 1.28. The number of methoxy groups -OCH3 is 1. The van der Waals surface area contributed by atoms with Crippen molar-refractivity contribution in [2.24, 2.45) is 11.8 Å². The molecule has 1 atom stereocenters. The summed E-state index contributed by atoms with van der Waals surface area (Å²) in [5.41, 5.74) is 0. The van der Waals surface area contributed by atoms with Crippen molar-refractivity contribution in [2.75, 3.05) is 20.2 Å². The smallest absolute Gasteiger partial charge is 0.318 e. The molecule has 1 saturated carbocycles. The monoisotopic (exact) mass is 267 g/mol. The molecule has 5 nitrogen and oxygen atoms in total. The highest BCUT2D eigenvalue weighted by Gasteiger charge is 2.37. The normalized spacial score (nSPS) is 25.2. The molecule has 1 heterocycles. The Hall–Kier alpha value is -1.39. The quantitative estimate of drug-likeness (QED) is 0.556. The highest BCUT2D eigenvalue weighted by molar-refractivity contribution is 6.00. The van der Waals surface area contributed by atoms with Crippen molar-refractivity contribution in [3.63, 3.8) is 0 Å². The molecule has 0 aromatic rings. The zero-order valence-electron chi connectivity index (χ0n) is 11.4. The number of carbonyl (C=O) groups excluding carboxylic acids is 3. The molecule has 5 heteroatoms. The van der Waals surface area contributed by atoms with E-state index in [9.17, 15) is 14.4 Å². The van der Waals surface area contributed by atoms with Crippen LogP contribution in [0.25, 0.3) is 0 Å². The van der Waals surface area contributed by atoms with Gasteiger partial charge in [-0.3, -0.25) is 14.4 Å². The number of esters is 1. The van der Waals surface area contributed by atoms with Gasteiger partial charge in [-0.05, 0) is 12.8 Å². The summed E-state index contributed by atoms with van der Waals surface area (Å²) in [5.74, 6) is -1.22. The molecular weight excluding hydrogens is 246 g/mol. The van der Waals surface area contributed by atoms with Gasteiger partial charge in [0.2, 0.25) is 5.91 Å². The second-order valence-electron chi connectivity index (χ2n) is 5.41. The Balaban J connectivity index is 1.98. The van der Waals surface area contributed by atoms with E-state index in [-0.39, 0.29) is 30.6 Å².